The van der Waals surface area contributed by atoms with E-state index in [1.165, 1.54) is 6.92 Å². The summed E-state index contributed by atoms with van der Waals surface area (Å²) in [5.41, 5.74) is 0.436. The number of carbonyl (C=O) groups is 3. The van der Waals surface area contributed by atoms with Crippen molar-refractivity contribution in [3.63, 3.8) is 0 Å². The number of halogens is 1. The molecule has 29 heavy (non-hydrogen) atoms. The maximum atomic E-state index is 12.5. The van der Waals surface area contributed by atoms with Crippen molar-refractivity contribution in [1.29, 1.82) is 0 Å². The lowest BCUT2D eigenvalue weighted by atomic mass is 9.95. The van der Waals surface area contributed by atoms with E-state index in [0.717, 1.165) is 0 Å². The quantitative estimate of drug-likeness (QED) is 0.529. The van der Waals surface area contributed by atoms with Gasteiger partial charge in [0.15, 0.2) is 12.7 Å². The molecule has 0 aliphatic rings. The molecule has 0 aliphatic carbocycles. The Bertz CT molecular complexity index is 870. The van der Waals surface area contributed by atoms with E-state index in [2.05, 4.69) is 5.32 Å². The van der Waals surface area contributed by atoms with Gasteiger partial charge in [-0.25, -0.2) is 4.79 Å². The van der Waals surface area contributed by atoms with Crippen molar-refractivity contribution in [3.05, 3.63) is 59.1 Å². The number of rotatable bonds is 7. The molecule has 1 N–H and O–H groups in total. The van der Waals surface area contributed by atoms with Crippen LogP contribution in [-0.2, 0) is 14.3 Å². The molecule has 154 valence electrons. The van der Waals surface area contributed by atoms with Gasteiger partial charge in [0.25, 0.3) is 0 Å². The summed E-state index contributed by atoms with van der Waals surface area (Å²) in [5.74, 6) is -0.661. The predicted octanol–water partition coefficient (Wildman–Crippen LogP) is 4.52. The number of hydrogen-bond acceptors (Lipinski definition) is 5. The molecule has 2 aromatic rings. The van der Waals surface area contributed by atoms with Crippen LogP contribution in [0.4, 0.5) is 5.69 Å². The van der Waals surface area contributed by atoms with Crippen LogP contribution in [0.3, 0.4) is 0 Å². The van der Waals surface area contributed by atoms with Crippen LogP contribution < -0.4 is 10.1 Å². The average molecular weight is 418 g/mol. The number of carbonyl (C=O) groups excluding carboxylic acids is 3. The van der Waals surface area contributed by atoms with E-state index in [0.29, 0.717) is 22.0 Å². The zero-order valence-electron chi connectivity index (χ0n) is 16.8. The Morgan fingerprint density at radius 3 is 2.14 bits per heavy atom. The minimum absolute atomic E-state index is 0.125. The maximum absolute atomic E-state index is 12.5. The first-order valence-electron chi connectivity index (χ1n) is 9.10. The van der Waals surface area contributed by atoms with Gasteiger partial charge in [0.2, 0.25) is 11.7 Å². The van der Waals surface area contributed by atoms with Crippen LogP contribution in [0, 0.1) is 5.41 Å². The molecular weight excluding hydrogens is 394 g/mol. The number of nitrogens with one attached hydrogen (secondary N) is 1. The lowest BCUT2D eigenvalue weighted by Crippen LogP contribution is -2.28. The highest BCUT2D eigenvalue weighted by Gasteiger charge is 2.22. The molecular formula is C22H24ClNO5. The van der Waals surface area contributed by atoms with Crippen molar-refractivity contribution in [2.75, 3.05) is 11.9 Å². The second kappa shape index (κ2) is 9.56. The van der Waals surface area contributed by atoms with E-state index in [1.54, 1.807) is 48.5 Å². The number of amides is 1. The third kappa shape index (κ3) is 6.91. The number of esters is 1. The van der Waals surface area contributed by atoms with E-state index >= 15 is 0 Å². The summed E-state index contributed by atoms with van der Waals surface area (Å²) >= 11 is 5.79. The summed E-state index contributed by atoms with van der Waals surface area (Å²) in [6.45, 7) is 6.61. The molecule has 1 atom stereocenters. The molecule has 0 heterocycles. The maximum Gasteiger partial charge on any atom is 0.344 e. The Kier molecular flexibility index (Phi) is 7.40. The van der Waals surface area contributed by atoms with Gasteiger partial charge < -0.3 is 14.8 Å². The van der Waals surface area contributed by atoms with Gasteiger partial charge in [-0.15, -0.1) is 0 Å². The predicted molar refractivity (Wildman–Crippen MR) is 111 cm³/mol. The van der Waals surface area contributed by atoms with Gasteiger partial charge in [-0.2, -0.15) is 0 Å². The second-order valence-corrected chi connectivity index (χ2v) is 7.96. The van der Waals surface area contributed by atoms with E-state index in [1.807, 2.05) is 20.8 Å². The number of ether oxygens (including phenoxy) is 2. The zero-order chi connectivity index (χ0) is 21.6. The summed E-state index contributed by atoms with van der Waals surface area (Å²) in [6, 6.07) is 13.0. The smallest absolute Gasteiger partial charge is 0.344 e. The molecule has 0 saturated heterocycles. The van der Waals surface area contributed by atoms with Gasteiger partial charge in [-0.1, -0.05) is 32.4 Å². The molecule has 0 radical (unpaired) electrons. The Morgan fingerprint density at radius 2 is 1.59 bits per heavy atom. The number of benzene rings is 2. The number of hydrogen-bond donors (Lipinski definition) is 1. The van der Waals surface area contributed by atoms with Gasteiger partial charge in [0.05, 0.1) is 0 Å². The van der Waals surface area contributed by atoms with Crippen LogP contribution in [0.2, 0.25) is 5.02 Å². The summed E-state index contributed by atoms with van der Waals surface area (Å²) in [7, 11) is 0. The van der Waals surface area contributed by atoms with Gasteiger partial charge in [0, 0.05) is 21.7 Å². The molecule has 0 saturated carbocycles. The van der Waals surface area contributed by atoms with Crippen LogP contribution in [0.1, 0.15) is 38.1 Å². The van der Waals surface area contributed by atoms with Crippen molar-refractivity contribution in [2.45, 2.75) is 33.8 Å². The third-order valence-electron chi connectivity index (χ3n) is 3.96. The van der Waals surface area contributed by atoms with Crippen LogP contribution in [0.5, 0.6) is 5.75 Å². The Labute approximate surface area is 175 Å². The SMILES string of the molecule is C[C@H](OC(=O)COc1ccc(Cl)cc1)C(=O)c1ccc(NC(=O)C(C)(C)C)cc1. The largest absolute Gasteiger partial charge is 0.482 e. The summed E-state index contributed by atoms with van der Waals surface area (Å²) < 4.78 is 10.4. The zero-order valence-corrected chi connectivity index (χ0v) is 17.6. The van der Waals surface area contributed by atoms with Crippen molar-refractivity contribution in [1.82, 2.24) is 0 Å². The molecule has 0 fully saturated rings. The summed E-state index contributed by atoms with van der Waals surface area (Å²) in [5, 5.41) is 3.34. The molecule has 1 amide bonds. The monoisotopic (exact) mass is 417 g/mol. The topological polar surface area (TPSA) is 81.7 Å². The van der Waals surface area contributed by atoms with Crippen molar-refractivity contribution < 1.29 is 23.9 Å². The van der Waals surface area contributed by atoms with Crippen LogP contribution >= 0.6 is 11.6 Å². The molecule has 0 aromatic heterocycles. The molecule has 7 heteroatoms. The summed E-state index contributed by atoms with van der Waals surface area (Å²) in [4.78, 5) is 36.4. The molecule has 6 nitrogen and oxygen atoms in total. The number of anilines is 1. The minimum atomic E-state index is -0.966. The van der Waals surface area contributed by atoms with Crippen molar-refractivity contribution in [2.24, 2.45) is 5.41 Å². The standard InChI is InChI=1S/C22H24ClNO5/c1-14(29-19(25)13-28-18-11-7-16(23)8-12-18)20(26)15-5-9-17(10-6-15)24-21(27)22(2,3)4/h5-12,14H,13H2,1-4H3,(H,24,27)/t14-/m0/s1. The fraction of sp³-hybridized carbons (Fsp3) is 0.318. The third-order valence-corrected chi connectivity index (χ3v) is 4.21. The highest BCUT2D eigenvalue weighted by atomic mass is 35.5. The Balaban J connectivity index is 1.87. The van der Waals surface area contributed by atoms with Crippen molar-refractivity contribution >= 4 is 34.9 Å². The average Bonchev–Trinajstić information content (AvgIpc) is 2.66. The van der Waals surface area contributed by atoms with Crippen LogP contribution in [0.15, 0.2) is 48.5 Å². The molecule has 0 bridgehead atoms. The van der Waals surface area contributed by atoms with Gasteiger partial charge in [-0.3, -0.25) is 9.59 Å². The minimum Gasteiger partial charge on any atom is -0.482 e. The van der Waals surface area contributed by atoms with Gasteiger partial charge in [0.1, 0.15) is 5.75 Å². The van der Waals surface area contributed by atoms with E-state index in [-0.39, 0.29) is 18.3 Å². The van der Waals surface area contributed by atoms with Gasteiger partial charge >= 0.3 is 5.97 Å². The highest BCUT2D eigenvalue weighted by molar-refractivity contribution is 6.30. The van der Waals surface area contributed by atoms with Crippen molar-refractivity contribution in [3.8, 4) is 5.75 Å². The summed E-state index contributed by atoms with van der Waals surface area (Å²) in [6.07, 6.45) is -0.966. The fourth-order valence-corrected chi connectivity index (χ4v) is 2.35. The van der Waals surface area contributed by atoms with E-state index in [4.69, 9.17) is 21.1 Å². The number of ketones is 1. The van der Waals surface area contributed by atoms with E-state index in [9.17, 15) is 14.4 Å². The number of Topliss-reactive ketones (excluding diaryl/α,β-unsaturated/α-hetero) is 1. The van der Waals surface area contributed by atoms with Gasteiger partial charge in [-0.05, 0) is 55.5 Å². The molecule has 2 rings (SSSR count). The Hall–Kier alpha value is -2.86. The lowest BCUT2D eigenvalue weighted by molar-refractivity contribution is -0.148. The molecule has 0 aliphatic heterocycles. The normalized spacial score (nSPS) is 12.0. The van der Waals surface area contributed by atoms with Crippen LogP contribution in [0.25, 0.3) is 0 Å². The second-order valence-electron chi connectivity index (χ2n) is 7.52. The first kappa shape index (κ1) is 22.4. The van der Waals surface area contributed by atoms with Crippen LogP contribution in [-0.4, -0.2) is 30.4 Å². The van der Waals surface area contributed by atoms with E-state index < -0.39 is 17.5 Å². The Morgan fingerprint density at radius 1 is 1.00 bits per heavy atom. The molecule has 2 aromatic carbocycles. The first-order valence-corrected chi connectivity index (χ1v) is 9.47. The lowest BCUT2D eigenvalue weighted by Gasteiger charge is -2.18. The molecule has 0 spiro atoms. The fourth-order valence-electron chi connectivity index (χ4n) is 2.23. The molecule has 0 unspecified atom stereocenters. The highest BCUT2D eigenvalue weighted by Crippen LogP contribution is 2.19. The first-order chi connectivity index (χ1) is 13.6.